The molecule has 3 heteroatoms. The minimum Gasteiger partial charge on any atom is -0.299 e. The maximum atomic E-state index is 11.1. The van der Waals surface area contributed by atoms with E-state index in [-0.39, 0.29) is 0 Å². The molecule has 1 saturated carbocycles. The molecule has 0 N–H and O–H groups in total. The second-order valence-electron chi connectivity index (χ2n) is 7.13. The molecule has 0 unspecified atom stereocenters. The van der Waals surface area contributed by atoms with E-state index < -0.39 is 0 Å². The SMILES string of the molecule is CC.CC(=O)CN1CCC(N2CC3(CC(C)C3)C2)CC1. The summed E-state index contributed by atoms with van der Waals surface area (Å²) in [5, 5.41) is 0. The van der Waals surface area contributed by atoms with E-state index in [1.807, 2.05) is 13.8 Å². The molecule has 0 aromatic rings. The Labute approximate surface area is 124 Å². The van der Waals surface area contributed by atoms with E-state index in [0.717, 1.165) is 30.5 Å². The molecule has 0 amide bonds. The van der Waals surface area contributed by atoms with Gasteiger partial charge in [0.15, 0.2) is 0 Å². The van der Waals surface area contributed by atoms with E-state index in [1.54, 1.807) is 6.92 Å². The molecule has 0 aromatic heterocycles. The van der Waals surface area contributed by atoms with Crippen molar-refractivity contribution in [3.63, 3.8) is 0 Å². The van der Waals surface area contributed by atoms with Gasteiger partial charge in [-0.25, -0.2) is 0 Å². The molecule has 0 aromatic carbocycles. The van der Waals surface area contributed by atoms with E-state index in [4.69, 9.17) is 0 Å². The van der Waals surface area contributed by atoms with Crippen molar-refractivity contribution in [3.05, 3.63) is 0 Å². The maximum absolute atomic E-state index is 11.1. The Bertz CT molecular complexity index is 320. The third-order valence-electron chi connectivity index (χ3n) is 5.16. The monoisotopic (exact) mass is 280 g/mol. The normalized spacial score (nSPS) is 27.4. The van der Waals surface area contributed by atoms with Gasteiger partial charge in [-0.1, -0.05) is 20.8 Å². The Hall–Kier alpha value is -0.410. The van der Waals surface area contributed by atoms with Gasteiger partial charge in [-0.3, -0.25) is 14.6 Å². The van der Waals surface area contributed by atoms with Gasteiger partial charge in [0.25, 0.3) is 0 Å². The largest absolute Gasteiger partial charge is 0.299 e. The highest BCUT2D eigenvalue weighted by Gasteiger charge is 2.52. The minimum absolute atomic E-state index is 0.305. The van der Waals surface area contributed by atoms with Crippen LogP contribution in [0.4, 0.5) is 0 Å². The molecule has 20 heavy (non-hydrogen) atoms. The second kappa shape index (κ2) is 6.57. The van der Waals surface area contributed by atoms with Crippen molar-refractivity contribution < 1.29 is 4.79 Å². The third-order valence-corrected chi connectivity index (χ3v) is 5.16. The van der Waals surface area contributed by atoms with Crippen LogP contribution in [0.2, 0.25) is 0 Å². The lowest BCUT2D eigenvalue weighted by molar-refractivity contribution is -0.122. The number of nitrogens with zero attached hydrogens (tertiary/aromatic N) is 2. The Morgan fingerprint density at radius 1 is 1.15 bits per heavy atom. The first kappa shape index (κ1) is 16.0. The molecule has 3 fully saturated rings. The fourth-order valence-electron chi connectivity index (χ4n) is 4.51. The molecule has 0 radical (unpaired) electrons. The van der Waals surface area contributed by atoms with Gasteiger partial charge < -0.3 is 0 Å². The Morgan fingerprint density at radius 2 is 1.70 bits per heavy atom. The lowest BCUT2D eigenvalue weighted by Gasteiger charge is -2.61. The van der Waals surface area contributed by atoms with Crippen molar-refractivity contribution in [1.29, 1.82) is 0 Å². The molecule has 0 atom stereocenters. The highest BCUT2D eigenvalue weighted by atomic mass is 16.1. The van der Waals surface area contributed by atoms with Crippen molar-refractivity contribution in [2.24, 2.45) is 11.3 Å². The fourth-order valence-corrected chi connectivity index (χ4v) is 4.51. The molecule has 3 rings (SSSR count). The number of carbonyl (C=O) groups excluding carboxylic acids is 1. The van der Waals surface area contributed by atoms with Crippen LogP contribution in [0.5, 0.6) is 0 Å². The molecule has 0 bridgehead atoms. The van der Waals surface area contributed by atoms with Gasteiger partial charge in [0.1, 0.15) is 5.78 Å². The van der Waals surface area contributed by atoms with E-state index in [2.05, 4.69) is 16.7 Å². The van der Waals surface area contributed by atoms with Crippen LogP contribution in [0, 0.1) is 11.3 Å². The molecule has 1 spiro atoms. The number of Topliss-reactive ketones (excluding diaryl/α,β-unsaturated/α-hetero) is 1. The highest BCUT2D eigenvalue weighted by molar-refractivity contribution is 5.77. The van der Waals surface area contributed by atoms with Crippen molar-refractivity contribution >= 4 is 5.78 Å². The molecular formula is C17H32N2O. The van der Waals surface area contributed by atoms with Gasteiger partial charge >= 0.3 is 0 Å². The molecular weight excluding hydrogens is 248 g/mol. The van der Waals surface area contributed by atoms with Crippen LogP contribution in [-0.2, 0) is 4.79 Å². The zero-order valence-electron chi connectivity index (χ0n) is 13.8. The van der Waals surface area contributed by atoms with Crippen LogP contribution in [0.3, 0.4) is 0 Å². The smallest absolute Gasteiger partial charge is 0.143 e. The number of rotatable bonds is 3. The van der Waals surface area contributed by atoms with Gasteiger partial charge in [0.05, 0.1) is 6.54 Å². The Balaban J connectivity index is 0.000000704. The lowest BCUT2D eigenvalue weighted by Crippen LogP contribution is -2.65. The summed E-state index contributed by atoms with van der Waals surface area (Å²) in [4.78, 5) is 16.1. The molecule has 116 valence electrons. The summed E-state index contributed by atoms with van der Waals surface area (Å²) in [6.07, 6.45) is 5.46. The summed E-state index contributed by atoms with van der Waals surface area (Å²) in [6, 6.07) is 0.801. The van der Waals surface area contributed by atoms with Crippen LogP contribution in [0.1, 0.15) is 53.4 Å². The zero-order valence-corrected chi connectivity index (χ0v) is 13.8. The summed E-state index contributed by atoms with van der Waals surface area (Å²) in [5.41, 5.74) is 0.732. The zero-order chi connectivity index (χ0) is 14.8. The van der Waals surface area contributed by atoms with E-state index in [9.17, 15) is 4.79 Å². The van der Waals surface area contributed by atoms with Crippen LogP contribution in [0.15, 0.2) is 0 Å². The topological polar surface area (TPSA) is 23.6 Å². The van der Waals surface area contributed by atoms with Crippen LogP contribution >= 0.6 is 0 Å². The standard InChI is InChI=1S/C15H26N2O.C2H6/c1-12-7-15(8-12)10-17(11-15)14-3-5-16(6-4-14)9-13(2)18;1-2/h12,14H,3-11H2,1-2H3;1-2H3. The van der Waals surface area contributed by atoms with E-state index in [0.29, 0.717) is 12.3 Å². The summed E-state index contributed by atoms with van der Waals surface area (Å²) >= 11 is 0. The lowest BCUT2D eigenvalue weighted by atomic mass is 9.58. The maximum Gasteiger partial charge on any atom is 0.143 e. The molecule has 1 aliphatic carbocycles. The number of ketones is 1. The second-order valence-corrected chi connectivity index (χ2v) is 7.13. The van der Waals surface area contributed by atoms with Gasteiger partial charge in [-0.2, -0.15) is 0 Å². The predicted octanol–water partition coefficient (Wildman–Crippen LogP) is 2.80. The van der Waals surface area contributed by atoms with Gasteiger partial charge in [0.2, 0.25) is 0 Å². The highest BCUT2D eigenvalue weighted by Crippen LogP contribution is 2.52. The molecule has 3 nitrogen and oxygen atoms in total. The number of likely N-dealkylation sites (tertiary alicyclic amines) is 2. The quantitative estimate of drug-likeness (QED) is 0.794. The van der Waals surface area contributed by atoms with Crippen molar-refractivity contribution in [2.75, 3.05) is 32.7 Å². The molecule has 2 aliphatic heterocycles. The first-order valence-corrected chi connectivity index (χ1v) is 8.52. The summed E-state index contributed by atoms with van der Waals surface area (Å²) < 4.78 is 0. The van der Waals surface area contributed by atoms with Crippen molar-refractivity contribution in [1.82, 2.24) is 9.80 Å². The number of hydrogen-bond donors (Lipinski definition) is 0. The fraction of sp³-hybridized carbons (Fsp3) is 0.941. The van der Waals surface area contributed by atoms with Crippen LogP contribution in [0.25, 0.3) is 0 Å². The Morgan fingerprint density at radius 3 is 2.15 bits per heavy atom. The minimum atomic E-state index is 0.305. The summed E-state index contributed by atoms with van der Waals surface area (Å²) in [6.45, 7) is 13.7. The third kappa shape index (κ3) is 3.43. The average Bonchev–Trinajstić information content (AvgIpc) is 2.35. The Kier molecular flexibility index (Phi) is 5.25. The van der Waals surface area contributed by atoms with Crippen molar-refractivity contribution in [2.45, 2.75) is 59.4 Å². The average molecular weight is 280 g/mol. The van der Waals surface area contributed by atoms with Gasteiger partial charge in [-0.05, 0) is 43.9 Å². The van der Waals surface area contributed by atoms with Crippen molar-refractivity contribution in [3.8, 4) is 0 Å². The molecule has 3 aliphatic rings. The molecule has 2 heterocycles. The van der Waals surface area contributed by atoms with Crippen LogP contribution in [-0.4, -0.2) is 54.3 Å². The first-order chi connectivity index (χ1) is 9.56. The van der Waals surface area contributed by atoms with E-state index in [1.165, 1.54) is 38.8 Å². The molecule has 2 saturated heterocycles. The number of hydrogen-bond acceptors (Lipinski definition) is 3. The van der Waals surface area contributed by atoms with E-state index >= 15 is 0 Å². The van der Waals surface area contributed by atoms with Gasteiger partial charge in [0, 0.05) is 32.2 Å². The predicted molar refractivity (Wildman–Crippen MR) is 83.9 cm³/mol. The first-order valence-electron chi connectivity index (χ1n) is 8.52. The number of carbonyl (C=O) groups is 1. The summed E-state index contributed by atoms with van der Waals surface area (Å²) in [5.74, 6) is 1.28. The van der Waals surface area contributed by atoms with Gasteiger partial charge in [-0.15, -0.1) is 0 Å². The summed E-state index contributed by atoms with van der Waals surface area (Å²) in [7, 11) is 0. The number of piperidine rings is 1. The van der Waals surface area contributed by atoms with Crippen LogP contribution < -0.4 is 0 Å².